The van der Waals surface area contributed by atoms with Crippen LogP contribution in [0.25, 0.3) is 0 Å². The number of benzene rings is 2. The van der Waals surface area contributed by atoms with Gasteiger partial charge >= 0.3 is 12.1 Å². The van der Waals surface area contributed by atoms with Crippen molar-refractivity contribution < 1.29 is 23.9 Å². The zero-order valence-corrected chi connectivity index (χ0v) is 21.1. The van der Waals surface area contributed by atoms with Gasteiger partial charge in [0, 0.05) is 11.9 Å². The number of thiazole rings is 1. The van der Waals surface area contributed by atoms with Crippen molar-refractivity contribution in [1.29, 1.82) is 0 Å². The Bertz CT molecular complexity index is 1250. The van der Waals surface area contributed by atoms with Crippen molar-refractivity contribution in [3.63, 3.8) is 0 Å². The third-order valence-corrected chi connectivity index (χ3v) is 6.27. The van der Waals surface area contributed by atoms with Crippen molar-refractivity contribution in [1.82, 2.24) is 9.88 Å². The molecule has 0 aliphatic carbocycles. The van der Waals surface area contributed by atoms with Crippen LogP contribution in [0.4, 0.5) is 15.6 Å². The maximum absolute atomic E-state index is 13.0. The van der Waals surface area contributed by atoms with Gasteiger partial charge in [0.15, 0.2) is 10.8 Å². The number of esters is 1. The third kappa shape index (κ3) is 6.91. The third-order valence-electron chi connectivity index (χ3n) is 5.51. The minimum Gasteiger partial charge on any atom is -0.461 e. The summed E-state index contributed by atoms with van der Waals surface area (Å²) in [5.41, 5.74) is 4.62. The van der Waals surface area contributed by atoms with Gasteiger partial charge in [0.1, 0.15) is 18.3 Å². The fraction of sp³-hybridized carbons (Fsp3) is 0.269. The highest BCUT2D eigenvalue weighted by Gasteiger charge is 2.35. The molecule has 1 saturated heterocycles. The van der Waals surface area contributed by atoms with E-state index < -0.39 is 18.1 Å². The summed E-state index contributed by atoms with van der Waals surface area (Å²) in [5, 5.41) is 8.83. The molecule has 1 fully saturated rings. The molecule has 37 heavy (non-hydrogen) atoms. The van der Waals surface area contributed by atoms with E-state index in [1.807, 2.05) is 48.5 Å². The number of carbonyl (C=O) groups is 3. The van der Waals surface area contributed by atoms with E-state index in [-0.39, 0.29) is 35.7 Å². The first-order valence-corrected chi connectivity index (χ1v) is 12.7. The average Bonchev–Trinajstić information content (AvgIpc) is 3.59. The first-order valence-electron chi connectivity index (χ1n) is 11.8. The molecule has 4 rings (SSSR count). The Balaban J connectivity index is 1.41. The molecule has 0 bridgehead atoms. The minimum absolute atomic E-state index is 0.0190. The molecule has 10 nitrogen and oxygen atoms in total. The minimum atomic E-state index is -0.673. The number of ether oxygens (including phenoxy) is 2. The average molecular weight is 522 g/mol. The number of nitrogens with one attached hydrogen (secondary N) is 2. The Kier molecular flexibility index (Phi) is 8.82. The van der Waals surface area contributed by atoms with Crippen molar-refractivity contribution in [2.24, 2.45) is 5.10 Å². The van der Waals surface area contributed by atoms with Crippen molar-refractivity contribution in [3.05, 3.63) is 77.3 Å². The molecule has 0 spiro atoms. The number of anilines is 2. The molecule has 0 saturated carbocycles. The molecular weight excluding hydrogens is 494 g/mol. The van der Waals surface area contributed by atoms with Gasteiger partial charge in [-0.05, 0) is 37.5 Å². The summed E-state index contributed by atoms with van der Waals surface area (Å²) >= 11 is 1.15. The van der Waals surface area contributed by atoms with E-state index in [2.05, 4.69) is 20.8 Å². The smallest absolute Gasteiger partial charge is 0.410 e. The van der Waals surface area contributed by atoms with Gasteiger partial charge in [-0.3, -0.25) is 15.1 Å². The number of aromatic nitrogens is 1. The largest absolute Gasteiger partial charge is 0.461 e. The zero-order chi connectivity index (χ0) is 26.0. The second-order valence-corrected chi connectivity index (χ2v) is 8.94. The molecule has 2 amide bonds. The first kappa shape index (κ1) is 25.8. The number of nitrogens with zero attached hydrogens (tertiary/aromatic N) is 3. The summed E-state index contributed by atoms with van der Waals surface area (Å²) in [7, 11) is 0. The molecule has 3 aromatic rings. The molecule has 0 unspecified atom stereocenters. The topological polar surface area (TPSA) is 122 Å². The van der Waals surface area contributed by atoms with Crippen LogP contribution in [0, 0.1) is 0 Å². The van der Waals surface area contributed by atoms with Gasteiger partial charge in [0.2, 0.25) is 5.91 Å². The Morgan fingerprint density at radius 1 is 1.08 bits per heavy atom. The van der Waals surface area contributed by atoms with Crippen LogP contribution in [0.1, 0.15) is 31.0 Å². The van der Waals surface area contributed by atoms with E-state index in [0.717, 1.165) is 16.9 Å². The number of hydrazone groups is 1. The number of hydrogen-bond acceptors (Lipinski definition) is 9. The molecule has 2 N–H and O–H groups in total. The van der Waals surface area contributed by atoms with Crippen LogP contribution in [0.2, 0.25) is 0 Å². The normalized spacial score (nSPS) is 15.2. The van der Waals surface area contributed by atoms with Crippen LogP contribution in [-0.2, 0) is 25.7 Å². The van der Waals surface area contributed by atoms with Gasteiger partial charge in [-0.1, -0.05) is 48.5 Å². The van der Waals surface area contributed by atoms with Gasteiger partial charge in [-0.15, -0.1) is 11.3 Å². The van der Waals surface area contributed by atoms with Gasteiger partial charge in [-0.2, -0.15) is 5.10 Å². The van der Waals surface area contributed by atoms with E-state index in [4.69, 9.17) is 9.47 Å². The summed E-state index contributed by atoms with van der Waals surface area (Å²) in [6.07, 6.45) is 0.665. The maximum Gasteiger partial charge on any atom is 0.410 e. The van der Waals surface area contributed by atoms with Crippen LogP contribution in [0.15, 0.2) is 71.1 Å². The molecular formula is C26H27N5O5S. The fourth-order valence-corrected chi connectivity index (χ4v) is 4.43. The maximum atomic E-state index is 13.0. The highest BCUT2D eigenvalue weighted by atomic mass is 32.1. The van der Waals surface area contributed by atoms with Gasteiger partial charge in [0.25, 0.3) is 0 Å². The van der Waals surface area contributed by atoms with Gasteiger partial charge in [-0.25, -0.2) is 14.6 Å². The standard InChI is InChI=1S/C26H27N5O5S/c1-2-35-24(33)22(30-29-19-12-7-4-8-13-19)20-17-37-25(27-20)28-23(32)21-14-9-15-31(21)26(34)36-16-18-10-5-3-6-11-18/h3-8,10-13,17,21,29H,2,9,14-16H2,1H3,(H,27,28,32)/b30-22+/t21-/m1/s1. The van der Waals surface area contributed by atoms with Crippen molar-refractivity contribution in [2.45, 2.75) is 32.4 Å². The second kappa shape index (κ2) is 12.6. The molecule has 1 aliphatic rings. The quantitative estimate of drug-likeness (QED) is 0.245. The summed E-state index contributed by atoms with van der Waals surface area (Å²) in [6.45, 7) is 2.44. The first-order chi connectivity index (χ1) is 18.0. The highest BCUT2D eigenvalue weighted by molar-refractivity contribution is 7.14. The van der Waals surface area contributed by atoms with Gasteiger partial charge in [0.05, 0.1) is 12.3 Å². The van der Waals surface area contributed by atoms with Crippen LogP contribution in [0.5, 0.6) is 0 Å². The second-order valence-electron chi connectivity index (χ2n) is 8.08. The summed E-state index contributed by atoms with van der Waals surface area (Å²) in [4.78, 5) is 44.0. The molecule has 1 aliphatic heterocycles. The lowest BCUT2D eigenvalue weighted by Crippen LogP contribution is -2.43. The lowest BCUT2D eigenvalue weighted by atomic mass is 10.2. The number of hydrogen-bond donors (Lipinski definition) is 2. The summed E-state index contributed by atoms with van der Waals surface area (Å²) < 4.78 is 10.5. The Morgan fingerprint density at radius 3 is 2.54 bits per heavy atom. The summed E-state index contributed by atoms with van der Waals surface area (Å²) in [6, 6.07) is 17.8. The van der Waals surface area contributed by atoms with Crippen LogP contribution < -0.4 is 10.7 Å². The van der Waals surface area contributed by atoms with Crippen LogP contribution in [-0.4, -0.2) is 52.8 Å². The molecule has 11 heteroatoms. The van der Waals surface area contributed by atoms with E-state index in [1.165, 1.54) is 4.90 Å². The molecule has 1 aromatic heterocycles. The lowest BCUT2D eigenvalue weighted by molar-refractivity contribution is -0.135. The molecule has 2 aromatic carbocycles. The van der Waals surface area contributed by atoms with Crippen molar-refractivity contribution in [3.8, 4) is 0 Å². The number of likely N-dealkylation sites (tertiary alicyclic amines) is 1. The predicted octanol–water partition coefficient (Wildman–Crippen LogP) is 4.26. The Morgan fingerprint density at radius 2 is 1.81 bits per heavy atom. The highest BCUT2D eigenvalue weighted by Crippen LogP contribution is 2.23. The van der Waals surface area contributed by atoms with Crippen molar-refractivity contribution in [2.75, 3.05) is 23.9 Å². The molecule has 2 heterocycles. The Labute approximate surface area is 218 Å². The number of amides is 2. The van der Waals surface area contributed by atoms with E-state index >= 15 is 0 Å². The monoisotopic (exact) mass is 521 g/mol. The van der Waals surface area contributed by atoms with E-state index in [9.17, 15) is 14.4 Å². The van der Waals surface area contributed by atoms with Crippen molar-refractivity contribution >= 4 is 45.8 Å². The number of rotatable bonds is 9. The van der Waals surface area contributed by atoms with E-state index in [1.54, 1.807) is 24.4 Å². The Hall–Kier alpha value is -4.25. The van der Waals surface area contributed by atoms with Crippen LogP contribution >= 0.6 is 11.3 Å². The number of para-hydroxylation sites is 1. The number of carbonyl (C=O) groups excluding carboxylic acids is 3. The van der Waals surface area contributed by atoms with Crippen LogP contribution in [0.3, 0.4) is 0 Å². The molecule has 0 radical (unpaired) electrons. The zero-order valence-electron chi connectivity index (χ0n) is 20.3. The van der Waals surface area contributed by atoms with E-state index in [0.29, 0.717) is 25.1 Å². The molecule has 1 atom stereocenters. The van der Waals surface area contributed by atoms with Gasteiger partial charge < -0.3 is 14.8 Å². The lowest BCUT2D eigenvalue weighted by Gasteiger charge is -2.22. The SMILES string of the molecule is CCOC(=O)/C(=N/Nc1ccccc1)c1csc(NC(=O)[C@H]2CCCN2C(=O)OCc2ccccc2)n1. The summed E-state index contributed by atoms with van der Waals surface area (Å²) in [5.74, 6) is -1.01. The predicted molar refractivity (Wildman–Crippen MR) is 140 cm³/mol. The molecule has 192 valence electrons. The fourth-order valence-electron chi connectivity index (χ4n) is 3.73.